The van der Waals surface area contributed by atoms with Crippen LogP contribution in [0.25, 0.3) is 0 Å². The summed E-state index contributed by atoms with van der Waals surface area (Å²) in [6.45, 7) is 0. The highest BCUT2D eigenvalue weighted by molar-refractivity contribution is 6.03. The monoisotopic (exact) mass is 282 g/mol. The van der Waals surface area contributed by atoms with Crippen LogP contribution in [0.5, 0.6) is 0 Å². The van der Waals surface area contributed by atoms with Gasteiger partial charge in [-0.3, -0.25) is 9.59 Å². The lowest BCUT2D eigenvalue weighted by atomic mass is 10.1. The first kappa shape index (κ1) is 13.9. The van der Waals surface area contributed by atoms with E-state index in [1.165, 1.54) is 24.4 Å². The van der Waals surface area contributed by atoms with E-state index in [0.29, 0.717) is 0 Å². The SMILES string of the molecule is O=C(Nc1ccccc1C(F)(F)F)c1cc(=O)cc[nH]1. The summed E-state index contributed by atoms with van der Waals surface area (Å²) in [5, 5.41) is 2.13. The molecule has 0 bridgehead atoms. The molecule has 20 heavy (non-hydrogen) atoms. The smallest absolute Gasteiger partial charge is 0.357 e. The number of carbonyl (C=O) groups excluding carboxylic acids is 1. The van der Waals surface area contributed by atoms with Gasteiger partial charge in [0.25, 0.3) is 5.91 Å². The number of anilines is 1. The molecule has 2 N–H and O–H groups in total. The average Bonchev–Trinajstić information content (AvgIpc) is 2.38. The van der Waals surface area contributed by atoms with Crippen LogP contribution in [-0.2, 0) is 6.18 Å². The largest absolute Gasteiger partial charge is 0.418 e. The molecule has 2 aromatic rings. The zero-order valence-corrected chi connectivity index (χ0v) is 9.99. The van der Waals surface area contributed by atoms with Gasteiger partial charge in [0.1, 0.15) is 5.69 Å². The van der Waals surface area contributed by atoms with Gasteiger partial charge in [-0.05, 0) is 12.1 Å². The lowest BCUT2D eigenvalue weighted by Crippen LogP contribution is -2.19. The molecule has 2 rings (SSSR count). The number of H-pyrrole nitrogens is 1. The minimum Gasteiger partial charge on any atom is -0.357 e. The fraction of sp³-hybridized carbons (Fsp3) is 0.0769. The van der Waals surface area contributed by atoms with Crippen molar-refractivity contribution in [2.24, 2.45) is 0 Å². The van der Waals surface area contributed by atoms with Crippen molar-refractivity contribution in [3.63, 3.8) is 0 Å². The maximum absolute atomic E-state index is 12.8. The van der Waals surface area contributed by atoms with Gasteiger partial charge in [0.15, 0.2) is 5.43 Å². The fourth-order valence-electron chi connectivity index (χ4n) is 1.61. The van der Waals surface area contributed by atoms with Crippen LogP contribution in [0.3, 0.4) is 0 Å². The third-order valence-electron chi connectivity index (χ3n) is 2.50. The quantitative estimate of drug-likeness (QED) is 0.889. The summed E-state index contributed by atoms with van der Waals surface area (Å²) in [7, 11) is 0. The predicted octanol–water partition coefficient (Wildman–Crippen LogP) is 2.65. The Morgan fingerprint density at radius 1 is 1.15 bits per heavy atom. The standard InChI is InChI=1S/C13H9F3N2O2/c14-13(15,16)9-3-1-2-4-10(9)18-12(20)11-7-8(19)5-6-17-11/h1-7H,(H,17,19)(H,18,20). The number of rotatable bonds is 2. The molecule has 0 aliphatic rings. The van der Waals surface area contributed by atoms with E-state index in [4.69, 9.17) is 0 Å². The van der Waals surface area contributed by atoms with Gasteiger partial charge in [-0.1, -0.05) is 12.1 Å². The molecule has 0 spiro atoms. The Kier molecular flexibility index (Phi) is 3.60. The van der Waals surface area contributed by atoms with Crippen molar-refractivity contribution in [1.82, 2.24) is 4.98 Å². The molecule has 1 aromatic carbocycles. The molecule has 1 aromatic heterocycles. The molecular weight excluding hydrogens is 273 g/mol. The summed E-state index contributed by atoms with van der Waals surface area (Å²) < 4.78 is 38.3. The van der Waals surface area contributed by atoms with E-state index in [1.54, 1.807) is 0 Å². The molecule has 0 saturated heterocycles. The number of aromatic amines is 1. The maximum Gasteiger partial charge on any atom is 0.418 e. The van der Waals surface area contributed by atoms with E-state index < -0.39 is 23.1 Å². The Morgan fingerprint density at radius 2 is 1.85 bits per heavy atom. The second kappa shape index (κ2) is 5.20. The van der Waals surface area contributed by atoms with Crippen molar-refractivity contribution in [3.05, 3.63) is 64.1 Å². The zero-order chi connectivity index (χ0) is 14.8. The molecule has 0 radical (unpaired) electrons. The van der Waals surface area contributed by atoms with E-state index in [2.05, 4.69) is 10.3 Å². The first-order valence-electron chi connectivity index (χ1n) is 5.54. The molecule has 0 fully saturated rings. The molecule has 0 atom stereocenters. The number of carbonyl (C=O) groups is 1. The lowest BCUT2D eigenvalue weighted by Gasteiger charge is -2.13. The van der Waals surface area contributed by atoms with E-state index in [9.17, 15) is 22.8 Å². The van der Waals surface area contributed by atoms with Crippen molar-refractivity contribution in [2.45, 2.75) is 6.18 Å². The molecule has 4 nitrogen and oxygen atoms in total. The summed E-state index contributed by atoms with van der Waals surface area (Å²) in [4.78, 5) is 25.4. The average molecular weight is 282 g/mol. The van der Waals surface area contributed by atoms with Crippen LogP contribution in [0.4, 0.5) is 18.9 Å². The van der Waals surface area contributed by atoms with Gasteiger partial charge in [-0.15, -0.1) is 0 Å². The summed E-state index contributed by atoms with van der Waals surface area (Å²) >= 11 is 0. The van der Waals surface area contributed by atoms with Gasteiger partial charge in [-0.25, -0.2) is 0 Å². The summed E-state index contributed by atoms with van der Waals surface area (Å²) in [5.41, 5.74) is -1.85. The third-order valence-corrected chi connectivity index (χ3v) is 2.50. The van der Waals surface area contributed by atoms with Crippen molar-refractivity contribution in [2.75, 3.05) is 5.32 Å². The number of pyridine rings is 1. The molecule has 0 saturated carbocycles. The van der Waals surface area contributed by atoms with E-state index in [0.717, 1.165) is 18.2 Å². The molecule has 0 aliphatic heterocycles. The van der Waals surface area contributed by atoms with Crippen molar-refractivity contribution >= 4 is 11.6 Å². The number of hydrogen-bond acceptors (Lipinski definition) is 2. The minimum atomic E-state index is -4.58. The number of para-hydroxylation sites is 1. The third kappa shape index (κ3) is 3.05. The Labute approximate surface area is 111 Å². The number of benzene rings is 1. The van der Waals surface area contributed by atoms with E-state index >= 15 is 0 Å². The predicted molar refractivity (Wildman–Crippen MR) is 66.5 cm³/mol. The van der Waals surface area contributed by atoms with Crippen LogP contribution in [0.2, 0.25) is 0 Å². The summed E-state index contributed by atoms with van der Waals surface area (Å²) in [6, 6.07) is 6.80. The molecule has 1 heterocycles. The zero-order valence-electron chi connectivity index (χ0n) is 9.99. The normalized spacial score (nSPS) is 11.2. The number of alkyl halides is 3. The number of aromatic nitrogens is 1. The number of amides is 1. The lowest BCUT2D eigenvalue weighted by molar-refractivity contribution is -0.136. The molecule has 7 heteroatoms. The molecule has 1 amide bonds. The topological polar surface area (TPSA) is 62.0 Å². The van der Waals surface area contributed by atoms with E-state index in [-0.39, 0.29) is 11.4 Å². The Balaban J connectivity index is 2.31. The summed E-state index contributed by atoms with van der Waals surface area (Å²) in [5.74, 6) is -0.820. The second-order valence-corrected chi connectivity index (χ2v) is 3.94. The van der Waals surface area contributed by atoms with Crippen LogP contribution in [0.15, 0.2) is 47.4 Å². The van der Waals surface area contributed by atoms with Crippen molar-refractivity contribution in [3.8, 4) is 0 Å². The van der Waals surface area contributed by atoms with E-state index in [1.807, 2.05) is 0 Å². The first-order chi connectivity index (χ1) is 9.38. The van der Waals surface area contributed by atoms with Crippen LogP contribution >= 0.6 is 0 Å². The van der Waals surface area contributed by atoms with Crippen LogP contribution < -0.4 is 10.7 Å². The summed E-state index contributed by atoms with van der Waals surface area (Å²) in [6.07, 6.45) is -3.33. The second-order valence-electron chi connectivity index (χ2n) is 3.94. The number of halogens is 3. The van der Waals surface area contributed by atoms with Gasteiger partial charge >= 0.3 is 6.18 Å². The van der Waals surface area contributed by atoms with Gasteiger partial charge in [0, 0.05) is 18.3 Å². The highest BCUT2D eigenvalue weighted by Gasteiger charge is 2.33. The van der Waals surface area contributed by atoms with Crippen LogP contribution in [0, 0.1) is 0 Å². The molecule has 0 unspecified atom stereocenters. The van der Waals surface area contributed by atoms with Gasteiger partial charge in [-0.2, -0.15) is 13.2 Å². The number of nitrogens with one attached hydrogen (secondary N) is 2. The highest BCUT2D eigenvalue weighted by atomic mass is 19.4. The molecule has 0 aliphatic carbocycles. The van der Waals surface area contributed by atoms with Crippen molar-refractivity contribution < 1.29 is 18.0 Å². The van der Waals surface area contributed by atoms with Gasteiger partial charge in [0.2, 0.25) is 0 Å². The molecular formula is C13H9F3N2O2. The Bertz CT molecular complexity index is 692. The van der Waals surface area contributed by atoms with Crippen molar-refractivity contribution in [1.29, 1.82) is 0 Å². The highest BCUT2D eigenvalue weighted by Crippen LogP contribution is 2.34. The Morgan fingerprint density at radius 3 is 2.50 bits per heavy atom. The maximum atomic E-state index is 12.8. The Hall–Kier alpha value is -2.57. The van der Waals surface area contributed by atoms with Gasteiger partial charge < -0.3 is 10.3 Å². The molecule has 104 valence electrons. The van der Waals surface area contributed by atoms with Gasteiger partial charge in [0.05, 0.1) is 11.3 Å². The minimum absolute atomic E-state index is 0.116. The van der Waals surface area contributed by atoms with Crippen LogP contribution in [0.1, 0.15) is 16.1 Å². The first-order valence-corrected chi connectivity index (χ1v) is 5.54. The number of hydrogen-bond donors (Lipinski definition) is 2. The fourth-order valence-corrected chi connectivity index (χ4v) is 1.61. The van der Waals surface area contributed by atoms with Crippen LogP contribution in [-0.4, -0.2) is 10.9 Å².